The molecule has 0 aliphatic rings. The van der Waals surface area contributed by atoms with Gasteiger partial charge in [-0.3, -0.25) is 4.98 Å². The molecule has 2 heterocycles. The highest BCUT2D eigenvalue weighted by Crippen LogP contribution is 2.22. The normalized spacial score (nSPS) is 10.8. The third-order valence-electron chi connectivity index (χ3n) is 3.88. The first-order valence-corrected chi connectivity index (χ1v) is 8.18. The fraction of sp³-hybridized carbons (Fsp3) is 0.105. The van der Waals surface area contributed by atoms with E-state index in [4.69, 9.17) is 4.74 Å². The van der Waals surface area contributed by atoms with Crippen molar-refractivity contribution in [2.75, 3.05) is 11.9 Å². The molecule has 4 rings (SSSR count). The quantitative estimate of drug-likeness (QED) is 0.575. The molecule has 0 fully saturated rings. The zero-order valence-corrected chi connectivity index (χ0v) is 13.8. The molecule has 6 nitrogen and oxygen atoms in total. The van der Waals surface area contributed by atoms with E-state index in [2.05, 4.69) is 20.4 Å². The van der Waals surface area contributed by atoms with E-state index < -0.39 is 0 Å². The number of nitrogens with one attached hydrogen (secondary N) is 1. The van der Waals surface area contributed by atoms with Crippen LogP contribution in [0, 0.1) is 5.82 Å². The van der Waals surface area contributed by atoms with Gasteiger partial charge in [0.1, 0.15) is 29.5 Å². The summed E-state index contributed by atoms with van der Waals surface area (Å²) in [5.41, 5.74) is 1.87. The highest BCUT2D eigenvalue weighted by atomic mass is 19.1. The molecule has 0 saturated carbocycles. The lowest BCUT2D eigenvalue weighted by molar-refractivity contribution is 0.480. The average molecular weight is 349 g/mol. The first-order valence-electron chi connectivity index (χ1n) is 8.18. The van der Waals surface area contributed by atoms with Crippen LogP contribution in [-0.4, -0.2) is 26.1 Å². The molecule has 0 unspecified atom stereocenters. The Morgan fingerprint density at radius 1 is 0.962 bits per heavy atom. The van der Waals surface area contributed by atoms with Crippen molar-refractivity contribution in [1.82, 2.24) is 19.6 Å². The summed E-state index contributed by atoms with van der Waals surface area (Å²) in [7, 11) is 0. The minimum absolute atomic E-state index is 0.281. The van der Waals surface area contributed by atoms with Gasteiger partial charge in [0.05, 0.1) is 12.4 Å². The number of hydrogen-bond donors (Lipinski definition) is 1. The number of nitrogens with zero attached hydrogens (tertiary/aromatic N) is 4. The Morgan fingerprint density at radius 2 is 1.69 bits per heavy atom. The molecule has 1 N–H and O–H groups in total. The predicted octanol–water partition coefficient (Wildman–Crippen LogP) is 3.71. The molecule has 2 aromatic heterocycles. The largest absolute Gasteiger partial charge is 0.457 e. The fourth-order valence-corrected chi connectivity index (χ4v) is 2.57. The molecule has 0 bridgehead atoms. The average Bonchev–Trinajstić information content (AvgIpc) is 3.15. The van der Waals surface area contributed by atoms with Gasteiger partial charge in [0.15, 0.2) is 5.65 Å². The van der Waals surface area contributed by atoms with E-state index in [0.717, 1.165) is 18.8 Å². The number of rotatable bonds is 6. The van der Waals surface area contributed by atoms with Gasteiger partial charge in [0.25, 0.3) is 0 Å². The van der Waals surface area contributed by atoms with E-state index in [0.29, 0.717) is 17.1 Å². The number of aromatic nitrogens is 4. The molecule has 0 saturated heterocycles. The number of benzene rings is 2. The third kappa shape index (κ3) is 3.61. The van der Waals surface area contributed by atoms with E-state index in [1.165, 1.54) is 24.0 Å². The van der Waals surface area contributed by atoms with E-state index in [1.54, 1.807) is 29.0 Å². The van der Waals surface area contributed by atoms with E-state index in [1.807, 2.05) is 24.3 Å². The highest BCUT2D eigenvalue weighted by molar-refractivity contribution is 5.44. The third-order valence-corrected chi connectivity index (χ3v) is 3.88. The van der Waals surface area contributed by atoms with Gasteiger partial charge >= 0.3 is 0 Å². The molecule has 0 spiro atoms. The van der Waals surface area contributed by atoms with Gasteiger partial charge in [-0.25, -0.2) is 9.37 Å². The minimum Gasteiger partial charge on any atom is -0.457 e. The zero-order chi connectivity index (χ0) is 17.8. The lowest BCUT2D eigenvalue weighted by atomic mass is 10.1. The Bertz CT molecular complexity index is 999. The standard InChI is InChI=1S/C19H16FN5O/c20-15-3-7-17(8-4-15)26-16-5-1-14(2-6-16)9-10-22-18-11-21-12-19-23-13-24-25(18)19/h1-8,11-13,22H,9-10H2. The maximum atomic E-state index is 12.9. The Labute approximate surface area is 149 Å². The first kappa shape index (κ1) is 16.0. The smallest absolute Gasteiger partial charge is 0.175 e. The number of ether oxygens (including phenoxy) is 1. The second-order valence-corrected chi connectivity index (χ2v) is 5.70. The van der Waals surface area contributed by atoms with Gasteiger partial charge in [-0.2, -0.15) is 9.61 Å². The molecule has 0 aliphatic carbocycles. The summed E-state index contributed by atoms with van der Waals surface area (Å²) in [5, 5.41) is 7.48. The van der Waals surface area contributed by atoms with Gasteiger partial charge in [0.2, 0.25) is 0 Å². The molecule has 7 heteroatoms. The van der Waals surface area contributed by atoms with Crippen molar-refractivity contribution in [3.63, 3.8) is 0 Å². The van der Waals surface area contributed by atoms with Crippen LogP contribution in [0.25, 0.3) is 5.65 Å². The Kier molecular flexibility index (Phi) is 4.42. The SMILES string of the molecule is Fc1ccc(Oc2ccc(CCNc3cncc4ncnn34)cc2)cc1. The van der Waals surface area contributed by atoms with E-state index >= 15 is 0 Å². The number of fused-ring (bicyclic) bond motifs is 1. The summed E-state index contributed by atoms with van der Waals surface area (Å²) in [4.78, 5) is 8.25. The monoisotopic (exact) mass is 349 g/mol. The molecule has 26 heavy (non-hydrogen) atoms. The first-order chi connectivity index (χ1) is 12.8. The predicted molar refractivity (Wildman–Crippen MR) is 95.9 cm³/mol. The van der Waals surface area contributed by atoms with Crippen LogP contribution < -0.4 is 10.1 Å². The van der Waals surface area contributed by atoms with Gasteiger partial charge in [-0.15, -0.1) is 0 Å². The van der Waals surface area contributed by atoms with Crippen LogP contribution in [0.1, 0.15) is 5.56 Å². The van der Waals surface area contributed by atoms with Crippen molar-refractivity contribution in [3.05, 3.63) is 78.6 Å². The number of hydrogen-bond acceptors (Lipinski definition) is 5. The summed E-state index contributed by atoms with van der Waals surface area (Å²) in [6.45, 7) is 0.735. The summed E-state index contributed by atoms with van der Waals surface area (Å²) in [5.74, 6) is 1.84. The van der Waals surface area contributed by atoms with Gasteiger partial charge in [-0.05, 0) is 48.4 Å². The summed E-state index contributed by atoms with van der Waals surface area (Å²) >= 11 is 0. The van der Waals surface area contributed by atoms with Crippen molar-refractivity contribution < 1.29 is 9.13 Å². The van der Waals surface area contributed by atoms with Gasteiger partial charge in [-0.1, -0.05) is 12.1 Å². The van der Waals surface area contributed by atoms with Crippen LogP contribution in [0.5, 0.6) is 11.5 Å². The maximum Gasteiger partial charge on any atom is 0.175 e. The molecule has 2 aromatic carbocycles. The van der Waals surface area contributed by atoms with Crippen molar-refractivity contribution in [2.45, 2.75) is 6.42 Å². The van der Waals surface area contributed by atoms with E-state index in [9.17, 15) is 4.39 Å². The van der Waals surface area contributed by atoms with Gasteiger partial charge < -0.3 is 10.1 Å². The molecule has 4 aromatic rings. The molecule has 0 radical (unpaired) electrons. The number of anilines is 1. The lowest BCUT2D eigenvalue weighted by Gasteiger charge is -2.09. The molecule has 0 amide bonds. The van der Waals surface area contributed by atoms with Crippen molar-refractivity contribution in [2.24, 2.45) is 0 Å². The molecular formula is C19H16FN5O. The topological polar surface area (TPSA) is 64.3 Å². The lowest BCUT2D eigenvalue weighted by Crippen LogP contribution is -2.09. The van der Waals surface area contributed by atoms with Crippen LogP contribution in [0.3, 0.4) is 0 Å². The van der Waals surface area contributed by atoms with Crippen LogP contribution in [0.2, 0.25) is 0 Å². The van der Waals surface area contributed by atoms with Crippen molar-refractivity contribution in [3.8, 4) is 11.5 Å². The Balaban J connectivity index is 1.34. The summed E-state index contributed by atoms with van der Waals surface area (Å²) in [6.07, 6.45) is 5.73. The minimum atomic E-state index is -0.281. The van der Waals surface area contributed by atoms with Crippen molar-refractivity contribution in [1.29, 1.82) is 0 Å². The number of halogens is 1. The molecule has 130 valence electrons. The summed E-state index contributed by atoms with van der Waals surface area (Å²) in [6, 6.07) is 13.8. The molecule has 0 atom stereocenters. The van der Waals surface area contributed by atoms with Gasteiger partial charge in [0, 0.05) is 6.54 Å². The maximum absolute atomic E-state index is 12.9. The summed E-state index contributed by atoms with van der Waals surface area (Å²) < 4.78 is 20.3. The van der Waals surface area contributed by atoms with Crippen LogP contribution in [0.4, 0.5) is 10.2 Å². The van der Waals surface area contributed by atoms with Crippen LogP contribution in [-0.2, 0) is 6.42 Å². The molecular weight excluding hydrogens is 333 g/mol. The Hall–Kier alpha value is -3.48. The van der Waals surface area contributed by atoms with Crippen molar-refractivity contribution >= 4 is 11.5 Å². The van der Waals surface area contributed by atoms with Crippen LogP contribution >= 0.6 is 0 Å². The second kappa shape index (κ2) is 7.18. The fourth-order valence-electron chi connectivity index (χ4n) is 2.57. The Morgan fingerprint density at radius 3 is 2.46 bits per heavy atom. The second-order valence-electron chi connectivity index (χ2n) is 5.70. The highest BCUT2D eigenvalue weighted by Gasteiger charge is 2.03. The van der Waals surface area contributed by atoms with E-state index in [-0.39, 0.29) is 5.82 Å². The van der Waals surface area contributed by atoms with Crippen LogP contribution in [0.15, 0.2) is 67.3 Å². The molecule has 0 aliphatic heterocycles. The zero-order valence-electron chi connectivity index (χ0n) is 13.8.